The molecule has 0 spiro atoms. The molecule has 1 atom stereocenters. The highest BCUT2D eigenvalue weighted by atomic mass is 16.6. The third-order valence-corrected chi connectivity index (χ3v) is 10.7. The van der Waals surface area contributed by atoms with E-state index >= 15 is 0 Å². The molecule has 0 aliphatic carbocycles. The van der Waals surface area contributed by atoms with E-state index in [1.165, 1.54) is 122 Å². The molecule has 0 aromatic rings. The summed E-state index contributed by atoms with van der Waals surface area (Å²) in [5.41, 5.74) is 0. The zero-order valence-corrected chi connectivity index (χ0v) is 39.7. The number of hydrogen-bond acceptors (Lipinski definition) is 5. The van der Waals surface area contributed by atoms with Crippen molar-refractivity contribution in [1.82, 2.24) is 0 Å². The van der Waals surface area contributed by atoms with Gasteiger partial charge in [0.1, 0.15) is 6.61 Å². The highest BCUT2D eigenvalue weighted by molar-refractivity contribution is 5.70. The summed E-state index contributed by atoms with van der Waals surface area (Å²) in [5.74, 6) is -0.416. The van der Waals surface area contributed by atoms with E-state index in [0.29, 0.717) is 19.4 Å². The van der Waals surface area contributed by atoms with E-state index in [9.17, 15) is 9.59 Å². The van der Waals surface area contributed by atoms with Crippen molar-refractivity contribution >= 4 is 11.9 Å². The molecule has 0 amide bonds. The Hall–Kier alpha value is -2.66. The molecule has 0 aliphatic rings. The first kappa shape index (κ1) is 57.3. The minimum atomic E-state index is -0.547. The summed E-state index contributed by atoms with van der Waals surface area (Å²) >= 11 is 0. The van der Waals surface area contributed by atoms with Gasteiger partial charge in [0.15, 0.2) is 6.10 Å². The van der Waals surface area contributed by atoms with Gasteiger partial charge in [-0.2, -0.15) is 0 Å². The van der Waals surface area contributed by atoms with Crippen LogP contribution in [-0.4, -0.2) is 37.9 Å². The predicted molar refractivity (Wildman–Crippen MR) is 260 cm³/mol. The number of ether oxygens (including phenoxy) is 3. The van der Waals surface area contributed by atoms with Crippen molar-refractivity contribution in [2.75, 3.05) is 19.8 Å². The topological polar surface area (TPSA) is 61.8 Å². The molecule has 0 aromatic heterocycles. The molecular weight excluding hydrogens is 741 g/mol. The second kappa shape index (κ2) is 50.7. The third-order valence-electron chi connectivity index (χ3n) is 10.7. The van der Waals surface area contributed by atoms with Gasteiger partial charge in [-0.3, -0.25) is 9.59 Å². The summed E-state index contributed by atoms with van der Waals surface area (Å²) < 4.78 is 17.4. The van der Waals surface area contributed by atoms with Crippen molar-refractivity contribution in [1.29, 1.82) is 0 Å². The van der Waals surface area contributed by atoms with Gasteiger partial charge in [0.05, 0.1) is 6.61 Å². The monoisotopic (exact) mass is 837 g/mol. The molecule has 0 N–H and O–H groups in total. The Morgan fingerprint density at radius 1 is 0.383 bits per heavy atom. The Bertz CT molecular complexity index is 1080. The summed E-state index contributed by atoms with van der Waals surface area (Å²) in [6.45, 7) is 7.62. The molecule has 0 radical (unpaired) electrons. The van der Waals surface area contributed by atoms with Gasteiger partial charge in [0, 0.05) is 19.4 Å². The largest absolute Gasteiger partial charge is 0.462 e. The van der Waals surface area contributed by atoms with E-state index in [1.807, 2.05) is 0 Å². The Balaban J connectivity index is 4.26. The van der Waals surface area contributed by atoms with Crippen molar-refractivity contribution in [3.63, 3.8) is 0 Å². The van der Waals surface area contributed by atoms with Crippen LogP contribution in [0.25, 0.3) is 0 Å². The summed E-state index contributed by atoms with van der Waals surface area (Å²) in [4.78, 5) is 25.4. The fourth-order valence-corrected chi connectivity index (χ4v) is 6.95. The van der Waals surface area contributed by atoms with E-state index in [-0.39, 0.29) is 25.2 Å². The molecule has 0 fully saturated rings. The van der Waals surface area contributed by atoms with Crippen LogP contribution in [0.15, 0.2) is 72.9 Å². The molecule has 0 saturated heterocycles. The van der Waals surface area contributed by atoms with Crippen LogP contribution in [0.2, 0.25) is 0 Å². The van der Waals surface area contributed by atoms with Crippen LogP contribution in [0.5, 0.6) is 0 Å². The number of allylic oxidation sites excluding steroid dienone is 12. The van der Waals surface area contributed by atoms with E-state index in [4.69, 9.17) is 14.2 Å². The lowest BCUT2D eigenvalue weighted by Gasteiger charge is -2.18. The number of rotatable bonds is 46. The number of carbonyl (C=O) groups is 2. The average Bonchev–Trinajstić information content (AvgIpc) is 3.25. The quantitative estimate of drug-likeness (QED) is 0.0347. The van der Waals surface area contributed by atoms with Crippen molar-refractivity contribution in [2.24, 2.45) is 0 Å². The predicted octanol–water partition coefficient (Wildman–Crippen LogP) is 17.1. The van der Waals surface area contributed by atoms with Crippen LogP contribution >= 0.6 is 0 Å². The highest BCUT2D eigenvalue weighted by Gasteiger charge is 2.17. The molecule has 1 unspecified atom stereocenters. The second-order valence-electron chi connectivity index (χ2n) is 16.7. The fraction of sp³-hybridized carbons (Fsp3) is 0.745. The van der Waals surface area contributed by atoms with E-state index in [2.05, 4.69) is 93.7 Å². The normalized spacial score (nSPS) is 12.8. The first-order valence-electron chi connectivity index (χ1n) is 25.5. The van der Waals surface area contributed by atoms with Gasteiger partial charge in [0.2, 0.25) is 0 Å². The Kier molecular flexibility index (Phi) is 48.4. The number of hydrogen-bond donors (Lipinski definition) is 0. The second-order valence-corrected chi connectivity index (χ2v) is 16.7. The van der Waals surface area contributed by atoms with Crippen LogP contribution in [0.3, 0.4) is 0 Å². The molecule has 60 heavy (non-hydrogen) atoms. The maximum atomic E-state index is 12.8. The molecule has 5 nitrogen and oxygen atoms in total. The van der Waals surface area contributed by atoms with Crippen LogP contribution in [-0.2, 0) is 23.8 Å². The minimum Gasteiger partial charge on any atom is -0.462 e. The molecule has 0 saturated carbocycles. The lowest BCUT2D eigenvalue weighted by atomic mass is 10.1. The van der Waals surface area contributed by atoms with Gasteiger partial charge in [-0.05, 0) is 83.5 Å². The summed E-state index contributed by atoms with van der Waals surface area (Å²) in [6, 6.07) is 0. The van der Waals surface area contributed by atoms with Gasteiger partial charge in [-0.1, -0.05) is 216 Å². The van der Waals surface area contributed by atoms with Crippen molar-refractivity contribution in [3.8, 4) is 0 Å². The third kappa shape index (κ3) is 48.0. The summed E-state index contributed by atoms with van der Waals surface area (Å²) in [6.07, 6.45) is 64.7. The smallest absolute Gasteiger partial charge is 0.306 e. The first-order chi connectivity index (χ1) is 29.6. The van der Waals surface area contributed by atoms with Crippen molar-refractivity contribution < 1.29 is 23.8 Å². The lowest BCUT2D eigenvalue weighted by Crippen LogP contribution is -2.30. The Morgan fingerprint density at radius 3 is 1.27 bits per heavy atom. The van der Waals surface area contributed by atoms with Gasteiger partial charge in [0.25, 0.3) is 0 Å². The average molecular weight is 837 g/mol. The van der Waals surface area contributed by atoms with Crippen LogP contribution in [0, 0.1) is 0 Å². The molecular formula is C55H96O5. The minimum absolute atomic E-state index is 0.0730. The SMILES string of the molecule is CC/C=C\C/C=C\C/C=C\C/C=C\CCCCCCCCC(=O)OCC(COCCCCCCCC/C=C\C/C=C\CCC)OC(=O)CCCCCCCCCCCCC. The lowest BCUT2D eigenvalue weighted by molar-refractivity contribution is -0.163. The maximum Gasteiger partial charge on any atom is 0.306 e. The number of unbranched alkanes of at least 4 members (excludes halogenated alkanes) is 23. The van der Waals surface area contributed by atoms with E-state index in [0.717, 1.165) is 83.5 Å². The molecule has 346 valence electrons. The fourth-order valence-electron chi connectivity index (χ4n) is 6.95. The van der Waals surface area contributed by atoms with Crippen LogP contribution in [0.1, 0.15) is 239 Å². The maximum absolute atomic E-state index is 12.8. The number of esters is 2. The van der Waals surface area contributed by atoms with Gasteiger partial charge < -0.3 is 14.2 Å². The standard InChI is InChI=1S/C55H96O5/c1-4-7-10-13-16-19-22-24-26-27-28-29-30-31-34-36-39-42-45-48-54(56)59-52-53(60-55(57)49-46-43-40-37-33-21-18-15-12-9-6-3)51-58-50-47-44-41-38-35-32-25-23-20-17-14-11-8-5-2/h7,10-11,14,16,19-20,23-24,26,28-29,53H,4-6,8-9,12-13,15,17-18,21-22,25,27,30-52H2,1-3H3/b10-7-,14-11-,19-16-,23-20-,26-24-,29-28-. The summed E-state index contributed by atoms with van der Waals surface area (Å²) in [7, 11) is 0. The summed E-state index contributed by atoms with van der Waals surface area (Å²) in [5, 5.41) is 0. The van der Waals surface area contributed by atoms with Crippen molar-refractivity contribution in [2.45, 2.75) is 245 Å². The molecule has 0 aromatic carbocycles. The number of carbonyl (C=O) groups excluding carboxylic acids is 2. The molecule has 0 bridgehead atoms. The van der Waals surface area contributed by atoms with Gasteiger partial charge >= 0.3 is 11.9 Å². The highest BCUT2D eigenvalue weighted by Crippen LogP contribution is 2.14. The van der Waals surface area contributed by atoms with E-state index in [1.54, 1.807) is 0 Å². The molecule has 0 heterocycles. The van der Waals surface area contributed by atoms with Gasteiger partial charge in [-0.15, -0.1) is 0 Å². The zero-order valence-electron chi connectivity index (χ0n) is 39.7. The van der Waals surface area contributed by atoms with E-state index < -0.39 is 6.10 Å². The zero-order chi connectivity index (χ0) is 43.5. The molecule has 0 rings (SSSR count). The Morgan fingerprint density at radius 2 is 0.783 bits per heavy atom. The van der Waals surface area contributed by atoms with Gasteiger partial charge in [-0.25, -0.2) is 0 Å². The molecule has 5 heteroatoms. The van der Waals surface area contributed by atoms with Crippen molar-refractivity contribution in [3.05, 3.63) is 72.9 Å². The van der Waals surface area contributed by atoms with Crippen LogP contribution in [0.4, 0.5) is 0 Å². The first-order valence-corrected chi connectivity index (χ1v) is 25.5. The molecule has 0 aliphatic heterocycles. The Labute approximate surface area is 372 Å². The van der Waals surface area contributed by atoms with Crippen LogP contribution < -0.4 is 0 Å².